The van der Waals surface area contributed by atoms with Gasteiger partial charge in [0, 0.05) is 43.3 Å². The molecule has 0 aliphatic carbocycles. The number of nitriles is 1. The van der Waals surface area contributed by atoms with E-state index in [2.05, 4.69) is 26.2 Å². The number of rotatable bonds is 4. The number of hydrogen-bond acceptors (Lipinski definition) is 5. The summed E-state index contributed by atoms with van der Waals surface area (Å²) >= 11 is 6.23. The van der Waals surface area contributed by atoms with Gasteiger partial charge < -0.3 is 15.1 Å². The molecule has 1 aromatic heterocycles. The van der Waals surface area contributed by atoms with Crippen molar-refractivity contribution in [1.82, 2.24) is 4.98 Å². The summed E-state index contributed by atoms with van der Waals surface area (Å²) in [5.41, 5.74) is 2.43. The summed E-state index contributed by atoms with van der Waals surface area (Å²) in [5.74, 6) is 0.880. The molecule has 7 heteroatoms. The number of carbonyl (C=O) groups is 1. The standard InChI is InChI=1S/C23H26ClN5O/c24-19-5-6-21(28-10-2-1-3-11-28)20(14-19)27-23(30)18-8-12-29(13-9-18)22-7-4-17(15-25)16-26-22/h4-7,14,16,18H,1-3,8-13H2,(H,27,30). The van der Waals surface area contributed by atoms with E-state index in [1.54, 1.807) is 12.3 Å². The Hall–Kier alpha value is -2.78. The number of benzene rings is 1. The summed E-state index contributed by atoms with van der Waals surface area (Å²) in [4.78, 5) is 21.9. The van der Waals surface area contributed by atoms with Crippen LogP contribution in [0.4, 0.5) is 17.2 Å². The molecule has 156 valence electrons. The van der Waals surface area contributed by atoms with E-state index in [1.807, 2.05) is 24.3 Å². The first-order valence-electron chi connectivity index (χ1n) is 10.6. The van der Waals surface area contributed by atoms with Crippen molar-refractivity contribution in [3.05, 3.63) is 47.1 Å². The van der Waals surface area contributed by atoms with E-state index in [4.69, 9.17) is 16.9 Å². The number of nitrogens with zero attached hydrogens (tertiary/aromatic N) is 4. The molecule has 0 bridgehead atoms. The van der Waals surface area contributed by atoms with Crippen LogP contribution in [-0.4, -0.2) is 37.1 Å². The number of anilines is 3. The van der Waals surface area contributed by atoms with Gasteiger partial charge in [0.05, 0.1) is 16.9 Å². The minimum Gasteiger partial charge on any atom is -0.370 e. The number of amides is 1. The molecule has 1 amide bonds. The molecule has 2 aliphatic heterocycles. The summed E-state index contributed by atoms with van der Waals surface area (Å²) in [6, 6.07) is 11.5. The van der Waals surface area contributed by atoms with Crippen LogP contribution in [0.1, 0.15) is 37.7 Å². The van der Waals surface area contributed by atoms with Gasteiger partial charge in [0.2, 0.25) is 5.91 Å². The van der Waals surface area contributed by atoms with E-state index in [-0.39, 0.29) is 11.8 Å². The maximum atomic E-state index is 13.0. The van der Waals surface area contributed by atoms with Crippen LogP contribution in [-0.2, 0) is 4.79 Å². The van der Waals surface area contributed by atoms with Crippen LogP contribution in [0.2, 0.25) is 5.02 Å². The van der Waals surface area contributed by atoms with Crippen molar-refractivity contribution in [2.24, 2.45) is 5.92 Å². The first-order valence-corrected chi connectivity index (χ1v) is 11.0. The minimum atomic E-state index is -0.0344. The number of pyridine rings is 1. The lowest BCUT2D eigenvalue weighted by molar-refractivity contribution is -0.120. The van der Waals surface area contributed by atoms with E-state index >= 15 is 0 Å². The molecule has 2 fully saturated rings. The van der Waals surface area contributed by atoms with E-state index in [0.717, 1.165) is 56.2 Å². The highest BCUT2D eigenvalue weighted by Crippen LogP contribution is 2.32. The molecule has 0 atom stereocenters. The van der Waals surface area contributed by atoms with Crippen LogP contribution < -0.4 is 15.1 Å². The monoisotopic (exact) mass is 423 g/mol. The van der Waals surface area contributed by atoms with E-state index in [0.29, 0.717) is 10.6 Å². The fraction of sp³-hybridized carbons (Fsp3) is 0.435. The highest BCUT2D eigenvalue weighted by Gasteiger charge is 2.27. The van der Waals surface area contributed by atoms with Crippen molar-refractivity contribution >= 4 is 34.7 Å². The third kappa shape index (κ3) is 4.68. The third-order valence-electron chi connectivity index (χ3n) is 5.98. The van der Waals surface area contributed by atoms with Crippen LogP contribution >= 0.6 is 11.6 Å². The Morgan fingerprint density at radius 2 is 1.83 bits per heavy atom. The van der Waals surface area contributed by atoms with Gasteiger partial charge in [-0.25, -0.2) is 4.98 Å². The Bertz CT molecular complexity index is 926. The van der Waals surface area contributed by atoms with Crippen molar-refractivity contribution in [2.45, 2.75) is 32.1 Å². The number of carbonyl (C=O) groups excluding carboxylic acids is 1. The molecule has 1 aromatic carbocycles. The smallest absolute Gasteiger partial charge is 0.227 e. The Balaban J connectivity index is 1.39. The highest BCUT2D eigenvalue weighted by molar-refractivity contribution is 6.31. The van der Waals surface area contributed by atoms with Gasteiger partial charge in [0.15, 0.2) is 0 Å². The van der Waals surface area contributed by atoms with Crippen molar-refractivity contribution < 1.29 is 4.79 Å². The van der Waals surface area contributed by atoms with E-state index < -0.39 is 0 Å². The summed E-state index contributed by atoms with van der Waals surface area (Å²) in [5, 5.41) is 12.7. The largest absolute Gasteiger partial charge is 0.370 e. The minimum absolute atomic E-state index is 0.0344. The molecule has 3 heterocycles. The third-order valence-corrected chi connectivity index (χ3v) is 6.22. The second kappa shape index (κ2) is 9.36. The Morgan fingerprint density at radius 3 is 2.50 bits per heavy atom. The molecule has 0 saturated carbocycles. The van der Waals surface area contributed by atoms with Crippen LogP contribution in [0, 0.1) is 17.2 Å². The maximum Gasteiger partial charge on any atom is 0.227 e. The average Bonchev–Trinajstić information content (AvgIpc) is 2.80. The van der Waals surface area contributed by atoms with E-state index in [1.165, 1.54) is 19.3 Å². The summed E-state index contributed by atoms with van der Waals surface area (Å²) in [7, 11) is 0. The van der Waals surface area contributed by atoms with Gasteiger partial charge >= 0.3 is 0 Å². The van der Waals surface area contributed by atoms with Gasteiger partial charge in [-0.05, 0) is 62.4 Å². The molecule has 4 rings (SSSR count). The highest BCUT2D eigenvalue weighted by atomic mass is 35.5. The van der Waals surface area contributed by atoms with Crippen LogP contribution in [0.3, 0.4) is 0 Å². The fourth-order valence-corrected chi connectivity index (χ4v) is 4.44. The van der Waals surface area contributed by atoms with Gasteiger partial charge in [-0.1, -0.05) is 11.6 Å². The Labute approximate surface area is 182 Å². The molecular weight excluding hydrogens is 398 g/mol. The molecule has 2 aliphatic rings. The topological polar surface area (TPSA) is 72.3 Å². The maximum absolute atomic E-state index is 13.0. The Kier molecular flexibility index (Phi) is 6.39. The molecule has 30 heavy (non-hydrogen) atoms. The fourth-order valence-electron chi connectivity index (χ4n) is 4.26. The van der Waals surface area contributed by atoms with Crippen molar-refractivity contribution in [3.63, 3.8) is 0 Å². The quantitative estimate of drug-likeness (QED) is 0.786. The van der Waals surface area contributed by atoms with Gasteiger partial charge in [0.1, 0.15) is 11.9 Å². The van der Waals surface area contributed by atoms with Crippen molar-refractivity contribution in [3.8, 4) is 6.07 Å². The summed E-state index contributed by atoms with van der Waals surface area (Å²) < 4.78 is 0. The second-order valence-corrected chi connectivity index (χ2v) is 8.41. The predicted molar refractivity (Wildman–Crippen MR) is 120 cm³/mol. The Morgan fingerprint density at radius 1 is 1.07 bits per heavy atom. The molecule has 6 nitrogen and oxygen atoms in total. The lowest BCUT2D eigenvalue weighted by Crippen LogP contribution is -2.39. The molecule has 0 radical (unpaired) electrons. The number of nitrogens with one attached hydrogen (secondary N) is 1. The number of aromatic nitrogens is 1. The van der Waals surface area contributed by atoms with Gasteiger partial charge in [0.25, 0.3) is 0 Å². The first kappa shape index (κ1) is 20.5. The first-order chi connectivity index (χ1) is 14.6. The SMILES string of the molecule is N#Cc1ccc(N2CCC(C(=O)Nc3cc(Cl)ccc3N3CCCCC3)CC2)nc1. The predicted octanol–water partition coefficient (Wildman–Crippen LogP) is 4.45. The molecule has 0 unspecified atom stereocenters. The van der Waals surface area contributed by atoms with E-state index in [9.17, 15) is 4.79 Å². The zero-order chi connectivity index (χ0) is 20.9. The summed E-state index contributed by atoms with van der Waals surface area (Å²) in [6.45, 7) is 3.57. The molecule has 0 spiro atoms. The van der Waals surface area contributed by atoms with Crippen molar-refractivity contribution in [2.75, 3.05) is 41.3 Å². The zero-order valence-electron chi connectivity index (χ0n) is 17.0. The van der Waals surface area contributed by atoms with Crippen LogP contribution in [0.5, 0.6) is 0 Å². The molecule has 2 aromatic rings. The lowest BCUT2D eigenvalue weighted by Gasteiger charge is -2.33. The number of hydrogen-bond donors (Lipinski definition) is 1. The van der Waals surface area contributed by atoms with Crippen LogP contribution in [0.25, 0.3) is 0 Å². The molecular formula is C23H26ClN5O. The average molecular weight is 424 g/mol. The van der Waals surface area contributed by atoms with Crippen molar-refractivity contribution in [1.29, 1.82) is 5.26 Å². The second-order valence-electron chi connectivity index (χ2n) is 7.98. The van der Waals surface area contributed by atoms with Crippen LogP contribution in [0.15, 0.2) is 36.5 Å². The molecule has 1 N–H and O–H groups in total. The van der Waals surface area contributed by atoms with Gasteiger partial charge in [-0.3, -0.25) is 4.79 Å². The van der Waals surface area contributed by atoms with Gasteiger partial charge in [-0.15, -0.1) is 0 Å². The number of piperidine rings is 2. The number of halogens is 1. The lowest BCUT2D eigenvalue weighted by atomic mass is 9.95. The van der Waals surface area contributed by atoms with Gasteiger partial charge in [-0.2, -0.15) is 5.26 Å². The summed E-state index contributed by atoms with van der Waals surface area (Å²) in [6.07, 6.45) is 6.75. The normalized spacial score (nSPS) is 17.5. The molecule has 2 saturated heterocycles. The zero-order valence-corrected chi connectivity index (χ0v) is 17.7.